The van der Waals surface area contributed by atoms with E-state index in [1.54, 1.807) is 48.5 Å². The Hall–Kier alpha value is -3.39. The van der Waals surface area contributed by atoms with Gasteiger partial charge in [0.2, 0.25) is 0 Å². The standard InChI is InChI=1S/4C6H6O.Al/c4*7-6-4-2-1-3-5-6;/h4*1-5,7H;/q;;;;+3/p-4. The minimum atomic E-state index is 0. The molecule has 0 aliphatic rings. The molecule has 5 heteroatoms. The molecule has 4 nitrogen and oxygen atoms in total. The van der Waals surface area contributed by atoms with Gasteiger partial charge in [-0.3, -0.25) is 0 Å². The van der Waals surface area contributed by atoms with Crippen LogP contribution in [0.5, 0.6) is 23.0 Å². The van der Waals surface area contributed by atoms with E-state index >= 15 is 0 Å². The Labute approximate surface area is 182 Å². The third kappa shape index (κ3) is 15.4. The molecule has 0 unspecified atom stereocenters. The summed E-state index contributed by atoms with van der Waals surface area (Å²) in [5, 5.41) is 41.1. The van der Waals surface area contributed by atoms with Crippen LogP contribution < -0.4 is 20.4 Å². The third-order valence-electron chi connectivity index (χ3n) is 2.97. The summed E-state index contributed by atoms with van der Waals surface area (Å²) in [4.78, 5) is 0. The van der Waals surface area contributed by atoms with Crippen molar-refractivity contribution in [3.8, 4) is 23.0 Å². The van der Waals surface area contributed by atoms with Gasteiger partial charge in [-0.05, 0) is 0 Å². The summed E-state index contributed by atoms with van der Waals surface area (Å²) in [5.41, 5.74) is 0. The summed E-state index contributed by atoms with van der Waals surface area (Å²) in [6.45, 7) is 0. The van der Waals surface area contributed by atoms with Gasteiger partial charge < -0.3 is 20.4 Å². The zero-order valence-electron chi connectivity index (χ0n) is 15.8. The molecular weight excluding hydrogens is 379 g/mol. The summed E-state index contributed by atoms with van der Waals surface area (Å²) >= 11 is 0. The topological polar surface area (TPSA) is 92.2 Å². The molecular formula is C24H20AlO4-. The van der Waals surface area contributed by atoms with Gasteiger partial charge in [0.15, 0.2) is 0 Å². The van der Waals surface area contributed by atoms with Crippen molar-refractivity contribution in [2.75, 3.05) is 0 Å². The van der Waals surface area contributed by atoms with Crippen molar-refractivity contribution in [1.82, 2.24) is 0 Å². The number of benzene rings is 4. The number of rotatable bonds is 0. The number of para-hydroxylation sites is 4. The Morgan fingerprint density at radius 2 is 0.414 bits per heavy atom. The van der Waals surface area contributed by atoms with Gasteiger partial charge in [0.05, 0.1) is 0 Å². The van der Waals surface area contributed by atoms with E-state index in [-0.39, 0.29) is 40.4 Å². The zero-order valence-corrected chi connectivity index (χ0v) is 16.9. The molecule has 0 spiro atoms. The van der Waals surface area contributed by atoms with Crippen LogP contribution >= 0.6 is 0 Å². The Morgan fingerprint density at radius 3 is 0.483 bits per heavy atom. The summed E-state index contributed by atoms with van der Waals surface area (Å²) in [6, 6.07) is 33.3. The summed E-state index contributed by atoms with van der Waals surface area (Å²) < 4.78 is 0. The van der Waals surface area contributed by atoms with Crippen LogP contribution in [0.15, 0.2) is 121 Å². The van der Waals surface area contributed by atoms with Crippen LogP contribution in [-0.2, 0) is 0 Å². The van der Waals surface area contributed by atoms with Crippen molar-refractivity contribution in [1.29, 1.82) is 0 Å². The van der Waals surface area contributed by atoms with Gasteiger partial charge in [0.1, 0.15) is 0 Å². The van der Waals surface area contributed by atoms with Crippen LogP contribution in [-0.4, -0.2) is 17.4 Å². The van der Waals surface area contributed by atoms with Gasteiger partial charge >= 0.3 is 17.4 Å². The molecule has 0 aliphatic heterocycles. The van der Waals surface area contributed by atoms with Crippen LogP contribution in [0.4, 0.5) is 0 Å². The maximum absolute atomic E-state index is 10.3. The first kappa shape index (κ1) is 25.6. The van der Waals surface area contributed by atoms with Crippen molar-refractivity contribution >= 4 is 17.4 Å². The largest absolute Gasteiger partial charge is 3.00 e. The maximum atomic E-state index is 10.3. The molecule has 0 radical (unpaired) electrons. The van der Waals surface area contributed by atoms with E-state index in [4.69, 9.17) is 0 Å². The molecule has 0 aromatic heterocycles. The monoisotopic (exact) mass is 399 g/mol. The van der Waals surface area contributed by atoms with Crippen molar-refractivity contribution in [2.24, 2.45) is 0 Å². The fourth-order valence-electron chi connectivity index (χ4n) is 1.68. The number of hydrogen-bond acceptors (Lipinski definition) is 4. The van der Waals surface area contributed by atoms with Crippen molar-refractivity contribution < 1.29 is 20.4 Å². The minimum absolute atomic E-state index is 0. The first-order valence-corrected chi connectivity index (χ1v) is 8.46. The van der Waals surface area contributed by atoms with E-state index in [9.17, 15) is 20.4 Å². The Balaban J connectivity index is 0.000000356. The van der Waals surface area contributed by atoms with E-state index in [1.807, 2.05) is 24.3 Å². The fourth-order valence-corrected chi connectivity index (χ4v) is 1.68. The molecule has 0 amide bonds. The predicted octanol–water partition coefficient (Wildman–Crippen LogP) is 2.66. The molecule has 29 heavy (non-hydrogen) atoms. The molecule has 0 heterocycles. The second-order valence-electron chi connectivity index (χ2n) is 5.25. The average molecular weight is 399 g/mol. The minimum Gasteiger partial charge on any atom is -0.872 e. The fraction of sp³-hybridized carbons (Fsp3) is 0. The summed E-state index contributed by atoms with van der Waals surface area (Å²) in [5.74, 6) is 0.287. The molecule has 0 fully saturated rings. The van der Waals surface area contributed by atoms with Crippen molar-refractivity contribution in [3.63, 3.8) is 0 Å². The molecule has 0 N–H and O–H groups in total. The van der Waals surface area contributed by atoms with Gasteiger partial charge in [-0.25, -0.2) is 0 Å². The quantitative estimate of drug-likeness (QED) is 0.425. The van der Waals surface area contributed by atoms with E-state index in [0.717, 1.165) is 0 Å². The van der Waals surface area contributed by atoms with Crippen molar-refractivity contribution in [3.05, 3.63) is 121 Å². The molecule has 0 aliphatic carbocycles. The molecule has 4 aromatic rings. The van der Waals surface area contributed by atoms with Gasteiger partial charge in [0, 0.05) is 0 Å². The third-order valence-corrected chi connectivity index (χ3v) is 2.97. The molecule has 0 bridgehead atoms. The van der Waals surface area contributed by atoms with Gasteiger partial charge in [0.25, 0.3) is 0 Å². The van der Waals surface area contributed by atoms with Gasteiger partial charge in [-0.2, -0.15) is 0 Å². The maximum Gasteiger partial charge on any atom is 3.00 e. The van der Waals surface area contributed by atoms with Crippen LogP contribution in [0.3, 0.4) is 0 Å². The van der Waals surface area contributed by atoms with Crippen LogP contribution in [0.1, 0.15) is 0 Å². The van der Waals surface area contributed by atoms with Crippen molar-refractivity contribution in [2.45, 2.75) is 0 Å². The Morgan fingerprint density at radius 1 is 0.276 bits per heavy atom. The second kappa shape index (κ2) is 16.8. The SMILES string of the molecule is [Al+3].[O-]c1ccccc1.[O-]c1ccccc1.[O-]c1ccccc1.[O-]c1ccccc1. The van der Waals surface area contributed by atoms with Gasteiger partial charge in [-0.1, -0.05) is 121 Å². The smallest absolute Gasteiger partial charge is 0.872 e. The van der Waals surface area contributed by atoms with E-state index in [2.05, 4.69) is 0 Å². The van der Waals surface area contributed by atoms with Crippen LogP contribution in [0.2, 0.25) is 0 Å². The van der Waals surface area contributed by atoms with Gasteiger partial charge in [-0.15, -0.1) is 23.0 Å². The first-order chi connectivity index (χ1) is 13.6. The molecule has 0 saturated carbocycles. The number of hydrogen-bond donors (Lipinski definition) is 0. The van der Waals surface area contributed by atoms with Crippen LogP contribution in [0.25, 0.3) is 0 Å². The normalized spacial score (nSPS) is 8.28. The summed E-state index contributed by atoms with van der Waals surface area (Å²) in [6.07, 6.45) is 0. The Kier molecular flexibility index (Phi) is 14.8. The molecule has 4 aromatic carbocycles. The molecule has 0 saturated heterocycles. The first-order valence-electron chi connectivity index (χ1n) is 8.46. The van der Waals surface area contributed by atoms with E-state index in [0.29, 0.717) is 0 Å². The van der Waals surface area contributed by atoms with E-state index in [1.165, 1.54) is 48.5 Å². The molecule has 4 rings (SSSR count). The second-order valence-corrected chi connectivity index (χ2v) is 5.25. The average Bonchev–Trinajstić information content (AvgIpc) is 2.72. The van der Waals surface area contributed by atoms with E-state index < -0.39 is 0 Å². The molecule has 144 valence electrons. The summed E-state index contributed by atoms with van der Waals surface area (Å²) in [7, 11) is 0. The predicted molar refractivity (Wildman–Crippen MR) is 109 cm³/mol. The van der Waals surface area contributed by atoms with Crippen LogP contribution in [0, 0.1) is 0 Å². The molecule has 0 atom stereocenters. The Bertz CT molecular complexity index is 693. The zero-order chi connectivity index (χ0) is 20.5.